The van der Waals surface area contributed by atoms with Crippen LogP contribution in [0, 0.1) is 0 Å². The lowest BCUT2D eigenvalue weighted by Crippen LogP contribution is -2.37. The molecule has 1 aromatic carbocycles. The molecule has 5 nitrogen and oxygen atoms in total. The molecule has 0 fully saturated rings. The van der Waals surface area contributed by atoms with Crippen LogP contribution in [0.25, 0.3) is 0 Å². The number of nitrogens with zero attached hydrogens (tertiary/aromatic N) is 1. The van der Waals surface area contributed by atoms with Crippen molar-refractivity contribution in [3.8, 4) is 0 Å². The minimum atomic E-state index is -3.52. The molecule has 0 radical (unpaired) electrons. The summed E-state index contributed by atoms with van der Waals surface area (Å²) in [6.45, 7) is 5.55. The Kier molecular flexibility index (Phi) is 5.34. The Labute approximate surface area is 115 Å². The molecule has 0 bridgehead atoms. The lowest BCUT2D eigenvalue weighted by Gasteiger charge is -2.22. The van der Waals surface area contributed by atoms with Crippen LogP contribution in [0.2, 0.25) is 0 Å². The van der Waals surface area contributed by atoms with Crippen LogP contribution in [-0.2, 0) is 14.9 Å². The van der Waals surface area contributed by atoms with Gasteiger partial charge in [-0.05, 0) is 38.5 Å². The third kappa shape index (κ3) is 4.19. The zero-order chi connectivity index (χ0) is 14.6. The molecule has 0 amide bonds. The van der Waals surface area contributed by atoms with Gasteiger partial charge in [0, 0.05) is 20.2 Å². The van der Waals surface area contributed by atoms with Crippen LogP contribution in [0.1, 0.15) is 32.4 Å². The van der Waals surface area contributed by atoms with E-state index in [-0.39, 0.29) is 12.1 Å². The first-order chi connectivity index (χ1) is 8.77. The van der Waals surface area contributed by atoms with E-state index in [0.717, 1.165) is 5.56 Å². The van der Waals surface area contributed by atoms with Gasteiger partial charge in [0.05, 0.1) is 11.8 Å². The van der Waals surface area contributed by atoms with Crippen LogP contribution in [0.3, 0.4) is 0 Å². The number of ether oxygens (including phenoxy) is 1. The third-order valence-corrected chi connectivity index (χ3v) is 4.74. The Morgan fingerprint density at radius 2 is 1.89 bits per heavy atom. The Balaban J connectivity index is 2.94. The first kappa shape index (κ1) is 15.9. The lowest BCUT2D eigenvalue weighted by atomic mass is 10.1. The van der Waals surface area contributed by atoms with Crippen LogP contribution < -0.4 is 4.72 Å². The molecule has 1 N–H and O–H groups in total. The van der Waals surface area contributed by atoms with Crippen molar-refractivity contribution in [2.75, 3.05) is 18.9 Å². The summed E-state index contributed by atoms with van der Waals surface area (Å²) < 4.78 is 33.2. The van der Waals surface area contributed by atoms with Gasteiger partial charge in [0.15, 0.2) is 0 Å². The van der Waals surface area contributed by atoms with Crippen LogP contribution >= 0.6 is 0 Å². The second kappa shape index (κ2) is 6.36. The van der Waals surface area contributed by atoms with E-state index in [4.69, 9.17) is 4.74 Å². The summed E-state index contributed by atoms with van der Waals surface area (Å²) in [6.07, 6.45) is -0.0766. The average Bonchev–Trinajstić information content (AvgIpc) is 2.36. The van der Waals surface area contributed by atoms with Crippen LogP contribution in [0.5, 0.6) is 0 Å². The topological polar surface area (TPSA) is 58.6 Å². The normalized spacial score (nSPS) is 13.8. The maximum Gasteiger partial charge on any atom is 0.301 e. The van der Waals surface area contributed by atoms with Gasteiger partial charge in [0.25, 0.3) is 0 Å². The fourth-order valence-corrected chi connectivity index (χ4v) is 2.61. The highest BCUT2D eigenvalue weighted by molar-refractivity contribution is 7.90. The molecule has 0 heterocycles. The van der Waals surface area contributed by atoms with Crippen molar-refractivity contribution in [3.63, 3.8) is 0 Å². The molecular weight excluding hydrogens is 264 g/mol. The molecule has 0 aliphatic carbocycles. The fraction of sp³-hybridized carbons (Fsp3) is 0.538. The van der Waals surface area contributed by atoms with E-state index >= 15 is 0 Å². The van der Waals surface area contributed by atoms with Crippen LogP contribution in [-0.4, -0.2) is 32.9 Å². The molecule has 0 aliphatic rings. The largest absolute Gasteiger partial charge is 0.377 e. The summed E-state index contributed by atoms with van der Waals surface area (Å²) in [4.78, 5) is 0. The predicted octanol–water partition coefficient (Wildman–Crippen LogP) is 2.39. The van der Waals surface area contributed by atoms with Gasteiger partial charge in [-0.15, -0.1) is 0 Å². The molecule has 0 saturated carbocycles. The zero-order valence-electron chi connectivity index (χ0n) is 12.0. The van der Waals surface area contributed by atoms with Gasteiger partial charge < -0.3 is 4.74 Å². The molecule has 1 unspecified atom stereocenters. The second-order valence-electron chi connectivity index (χ2n) is 4.72. The minimum Gasteiger partial charge on any atom is -0.377 e. The SMILES string of the molecule is COC(C)c1cccc(NS(=O)(=O)N(C)C(C)C)c1. The number of nitrogens with one attached hydrogen (secondary N) is 1. The van der Waals surface area contributed by atoms with Gasteiger partial charge in [0.1, 0.15) is 0 Å². The van der Waals surface area contributed by atoms with Crippen molar-refractivity contribution >= 4 is 15.9 Å². The summed E-state index contributed by atoms with van der Waals surface area (Å²) in [6, 6.07) is 7.10. The minimum absolute atomic E-state index is 0.0766. The molecule has 108 valence electrons. The Hall–Kier alpha value is -1.11. The number of anilines is 1. The van der Waals surface area contributed by atoms with Crippen molar-refractivity contribution in [2.24, 2.45) is 0 Å². The number of hydrogen-bond acceptors (Lipinski definition) is 3. The quantitative estimate of drug-likeness (QED) is 0.873. The first-order valence-electron chi connectivity index (χ1n) is 6.16. The van der Waals surface area contributed by atoms with Crippen molar-refractivity contribution < 1.29 is 13.2 Å². The molecular formula is C13H22N2O3S. The lowest BCUT2D eigenvalue weighted by molar-refractivity contribution is 0.119. The maximum atomic E-state index is 12.1. The smallest absolute Gasteiger partial charge is 0.301 e. The summed E-state index contributed by atoms with van der Waals surface area (Å²) in [5.74, 6) is 0. The van der Waals surface area contributed by atoms with Crippen molar-refractivity contribution in [3.05, 3.63) is 29.8 Å². The van der Waals surface area contributed by atoms with Crippen LogP contribution in [0.15, 0.2) is 24.3 Å². The molecule has 0 spiro atoms. The highest BCUT2D eigenvalue weighted by atomic mass is 32.2. The molecule has 1 aromatic rings. The first-order valence-corrected chi connectivity index (χ1v) is 7.60. The molecule has 1 atom stereocenters. The molecule has 0 aliphatic heterocycles. The van der Waals surface area contributed by atoms with E-state index in [1.165, 1.54) is 4.31 Å². The molecule has 0 aromatic heterocycles. The van der Waals surface area contributed by atoms with E-state index < -0.39 is 10.2 Å². The van der Waals surface area contributed by atoms with Crippen molar-refractivity contribution in [1.29, 1.82) is 0 Å². The number of benzene rings is 1. The highest BCUT2D eigenvalue weighted by Crippen LogP contribution is 2.21. The number of methoxy groups -OCH3 is 1. The van der Waals surface area contributed by atoms with E-state index in [1.54, 1.807) is 32.4 Å². The van der Waals surface area contributed by atoms with Crippen molar-refractivity contribution in [1.82, 2.24) is 4.31 Å². The van der Waals surface area contributed by atoms with Crippen molar-refractivity contribution in [2.45, 2.75) is 32.9 Å². The predicted molar refractivity (Wildman–Crippen MR) is 77.3 cm³/mol. The Morgan fingerprint density at radius 1 is 1.26 bits per heavy atom. The molecule has 0 saturated heterocycles. The number of rotatable bonds is 6. The summed E-state index contributed by atoms with van der Waals surface area (Å²) >= 11 is 0. The Bertz CT molecular complexity index is 514. The maximum absolute atomic E-state index is 12.1. The molecule has 19 heavy (non-hydrogen) atoms. The van der Waals surface area contributed by atoms with E-state index in [1.807, 2.05) is 26.8 Å². The average molecular weight is 286 g/mol. The summed E-state index contributed by atoms with van der Waals surface area (Å²) in [7, 11) is -0.350. The molecule has 6 heteroatoms. The van der Waals surface area contributed by atoms with Gasteiger partial charge in [-0.25, -0.2) is 0 Å². The zero-order valence-corrected chi connectivity index (χ0v) is 12.9. The monoisotopic (exact) mass is 286 g/mol. The molecule has 1 rings (SSSR count). The van der Waals surface area contributed by atoms with Gasteiger partial charge in [0.2, 0.25) is 0 Å². The number of hydrogen-bond donors (Lipinski definition) is 1. The summed E-state index contributed by atoms with van der Waals surface area (Å²) in [5.41, 5.74) is 1.46. The van der Waals surface area contributed by atoms with E-state index in [0.29, 0.717) is 5.69 Å². The third-order valence-electron chi connectivity index (χ3n) is 3.06. The van der Waals surface area contributed by atoms with Gasteiger partial charge in [-0.1, -0.05) is 12.1 Å². The Morgan fingerprint density at radius 3 is 2.42 bits per heavy atom. The second-order valence-corrected chi connectivity index (χ2v) is 6.45. The highest BCUT2D eigenvalue weighted by Gasteiger charge is 2.20. The van der Waals surface area contributed by atoms with Crippen LogP contribution in [0.4, 0.5) is 5.69 Å². The van der Waals surface area contributed by atoms with Gasteiger partial charge >= 0.3 is 10.2 Å². The summed E-state index contributed by atoms with van der Waals surface area (Å²) in [5, 5.41) is 0. The standard InChI is InChI=1S/C13H22N2O3S/c1-10(2)15(4)19(16,17)14-13-8-6-7-12(9-13)11(3)18-5/h6-11,14H,1-5H3. The van der Waals surface area contributed by atoms with Gasteiger partial charge in [-0.2, -0.15) is 12.7 Å². The van der Waals surface area contributed by atoms with Gasteiger partial charge in [-0.3, -0.25) is 4.72 Å². The fourth-order valence-electron chi connectivity index (χ4n) is 1.49. The van der Waals surface area contributed by atoms with E-state index in [9.17, 15) is 8.42 Å². The van der Waals surface area contributed by atoms with E-state index in [2.05, 4.69) is 4.72 Å².